The molecule has 0 radical (unpaired) electrons. The van der Waals surface area contributed by atoms with E-state index in [-0.39, 0.29) is 11.2 Å². The number of aromatic nitrogens is 3. The molecule has 1 saturated heterocycles. The van der Waals surface area contributed by atoms with E-state index in [1.54, 1.807) is 11.8 Å². The molecule has 1 atom stereocenters. The Kier molecular flexibility index (Phi) is 4.37. The SMILES string of the molecule is COC(=O)[C@@H]1CN(Cn2nc(C3CC3)n(C)c2=S)CCS1. The molecule has 1 aliphatic heterocycles. The smallest absolute Gasteiger partial charge is 0.320 e. The van der Waals surface area contributed by atoms with E-state index in [0.717, 1.165) is 22.9 Å². The average molecular weight is 328 g/mol. The Morgan fingerprint density at radius 2 is 2.29 bits per heavy atom. The molecule has 1 aromatic heterocycles. The zero-order chi connectivity index (χ0) is 15.0. The zero-order valence-electron chi connectivity index (χ0n) is 12.3. The molecule has 0 aromatic carbocycles. The normalized spacial score (nSPS) is 23.2. The van der Waals surface area contributed by atoms with Gasteiger partial charge in [-0.25, -0.2) is 4.68 Å². The second kappa shape index (κ2) is 6.10. The third kappa shape index (κ3) is 3.17. The first-order valence-electron chi connectivity index (χ1n) is 7.15. The molecule has 6 nitrogen and oxygen atoms in total. The number of hydrogen-bond donors (Lipinski definition) is 0. The van der Waals surface area contributed by atoms with Gasteiger partial charge in [-0.05, 0) is 25.1 Å². The van der Waals surface area contributed by atoms with Crippen molar-refractivity contribution in [3.8, 4) is 0 Å². The number of rotatable bonds is 4. The molecule has 0 amide bonds. The Labute approximate surface area is 133 Å². The summed E-state index contributed by atoms with van der Waals surface area (Å²) in [5, 5.41) is 4.56. The van der Waals surface area contributed by atoms with Crippen LogP contribution in [0.1, 0.15) is 24.6 Å². The molecule has 1 saturated carbocycles. The van der Waals surface area contributed by atoms with Crippen LogP contribution in [0.5, 0.6) is 0 Å². The van der Waals surface area contributed by atoms with Crippen LogP contribution >= 0.6 is 24.0 Å². The van der Waals surface area contributed by atoms with Gasteiger partial charge >= 0.3 is 5.97 Å². The van der Waals surface area contributed by atoms with Gasteiger partial charge in [0.05, 0.1) is 13.8 Å². The van der Waals surface area contributed by atoms with Crippen LogP contribution in [0.15, 0.2) is 0 Å². The monoisotopic (exact) mass is 328 g/mol. The van der Waals surface area contributed by atoms with Gasteiger partial charge in [-0.3, -0.25) is 9.69 Å². The molecule has 3 rings (SSSR count). The molecule has 8 heteroatoms. The molecular formula is C13H20N4O2S2. The Balaban J connectivity index is 1.70. The molecule has 0 N–H and O–H groups in total. The molecule has 2 aliphatic rings. The number of hydrogen-bond acceptors (Lipinski definition) is 6. The fraction of sp³-hybridized carbons (Fsp3) is 0.769. The summed E-state index contributed by atoms with van der Waals surface area (Å²) < 4.78 is 9.50. The van der Waals surface area contributed by atoms with Crippen molar-refractivity contribution < 1.29 is 9.53 Å². The molecule has 0 unspecified atom stereocenters. The average Bonchev–Trinajstić information content (AvgIpc) is 3.30. The first-order chi connectivity index (χ1) is 10.1. The second-order valence-corrected chi connectivity index (χ2v) is 7.25. The molecule has 1 aliphatic carbocycles. The Morgan fingerprint density at radius 1 is 1.52 bits per heavy atom. The van der Waals surface area contributed by atoms with Gasteiger partial charge in [0.1, 0.15) is 11.1 Å². The summed E-state index contributed by atoms with van der Waals surface area (Å²) in [5.74, 6) is 2.46. The van der Waals surface area contributed by atoms with Gasteiger partial charge in [-0.2, -0.15) is 5.10 Å². The molecule has 1 aromatic rings. The van der Waals surface area contributed by atoms with Gasteiger partial charge in [0, 0.05) is 31.8 Å². The maximum Gasteiger partial charge on any atom is 0.320 e. The van der Waals surface area contributed by atoms with Gasteiger partial charge in [0.25, 0.3) is 0 Å². The van der Waals surface area contributed by atoms with E-state index in [2.05, 4.69) is 10.00 Å². The van der Waals surface area contributed by atoms with E-state index >= 15 is 0 Å². The lowest BCUT2D eigenvalue weighted by molar-refractivity contribution is -0.140. The van der Waals surface area contributed by atoms with Crippen molar-refractivity contribution in [3.05, 3.63) is 10.6 Å². The van der Waals surface area contributed by atoms with Gasteiger partial charge in [-0.1, -0.05) is 0 Å². The Bertz CT molecular complexity index is 593. The highest BCUT2D eigenvalue weighted by Crippen LogP contribution is 2.38. The lowest BCUT2D eigenvalue weighted by Gasteiger charge is -2.30. The van der Waals surface area contributed by atoms with Crippen LogP contribution in [0.3, 0.4) is 0 Å². The topological polar surface area (TPSA) is 52.3 Å². The van der Waals surface area contributed by atoms with Crippen LogP contribution in [0.4, 0.5) is 0 Å². The van der Waals surface area contributed by atoms with Crippen molar-refractivity contribution >= 4 is 29.9 Å². The van der Waals surface area contributed by atoms with E-state index < -0.39 is 0 Å². The predicted octanol–water partition coefficient (Wildman–Crippen LogP) is 1.38. The summed E-state index contributed by atoms with van der Waals surface area (Å²) in [7, 11) is 3.43. The number of methoxy groups -OCH3 is 1. The van der Waals surface area contributed by atoms with Crippen molar-refractivity contribution in [2.24, 2.45) is 7.05 Å². The summed E-state index contributed by atoms with van der Waals surface area (Å²) in [6.07, 6.45) is 2.43. The first kappa shape index (κ1) is 15.1. The summed E-state index contributed by atoms with van der Waals surface area (Å²) >= 11 is 7.13. The number of thioether (sulfide) groups is 1. The van der Waals surface area contributed by atoms with Crippen LogP contribution in [-0.4, -0.2) is 56.4 Å². The van der Waals surface area contributed by atoms with Crippen LogP contribution in [0.2, 0.25) is 0 Å². The van der Waals surface area contributed by atoms with Crippen LogP contribution < -0.4 is 0 Å². The standard InChI is InChI=1S/C13H20N4O2S2/c1-15-11(9-3-4-9)14-17(13(15)20)8-16-5-6-21-10(7-16)12(18)19-2/h9-10H,3-8H2,1-2H3/t10-/m0/s1. The Hall–Kier alpha value is -0.860. The number of nitrogens with zero attached hydrogens (tertiary/aromatic N) is 4. The fourth-order valence-corrected chi connectivity index (χ4v) is 3.98. The van der Waals surface area contributed by atoms with Crippen LogP contribution in [0.25, 0.3) is 0 Å². The molecule has 21 heavy (non-hydrogen) atoms. The minimum absolute atomic E-state index is 0.107. The molecule has 0 spiro atoms. The Morgan fingerprint density at radius 3 is 2.95 bits per heavy atom. The lowest BCUT2D eigenvalue weighted by Crippen LogP contribution is -2.42. The van der Waals surface area contributed by atoms with E-state index in [1.165, 1.54) is 20.0 Å². The second-order valence-electron chi connectivity index (χ2n) is 5.57. The molecule has 2 fully saturated rings. The van der Waals surface area contributed by atoms with Crippen molar-refractivity contribution in [2.45, 2.75) is 30.7 Å². The largest absolute Gasteiger partial charge is 0.468 e. The highest BCUT2D eigenvalue weighted by Gasteiger charge is 2.30. The molecule has 116 valence electrons. The number of carbonyl (C=O) groups is 1. The maximum atomic E-state index is 11.7. The summed E-state index contributed by atoms with van der Waals surface area (Å²) in [4.78, 5) is 13.9. The predicted molar refractivity (Wildman–Crippen MR) is 83.8 cm³/mol. The van der Waals surface area contributed by atoms with Gasteiger partial charge in [0.15, 0.2) is 4.77 Å². The van der Waals surface area contributed by atoms with Crippen molar-refractivity contribution in [1.82, 2.24) is 19.2 Å². The summed E-state index contributed by atoms with van der Waals surface area (Å²) in [5.41, 5.74) is 0. The van der Waals surface area contributed by atoms with E-state index in [1.807, 2.05) is 16.3 Å². The van der Waals surface area contributed by atoms with Crippen LogP contribution in [-0.2, 0) is 23.2 Å². The molecule has 0 bridgehead atoms. The number of carbonyl (C=O) groups excluding carboxylic acids is 1. The van der Waals surface area contributed by atoms with Crippen LogP contribution in [0, 0.1) is 4.77 Å². The van der Waals surface area contributed by atoms with Gasteiger partial charge < -0.3 is 9.30 Å². The summed E-state index contributed by atoms with van der Waals surface area (Å²) in [6.45, 7) is 2.27. The van der Waals surface area contributed by atoms with Gasteiger partial charge in [0.2, 0.25) is 0 Å². The quantitative estimate of drug-likeness (QED) is 0.615. The lowest BCUT2D eigenvalue weighted by atomic mass is 10.3. The van der Waals surface area contributed by atoms with E-state index in [9.17, 15) is 4.79 Å². The van der Waals surface area contributed by atoms with E-state index in [4.69, 9.17) is 17.0 Å². The van der Waals surface area contributed by atoms with Crippen molar-refractivity contribution in [1.29, 1.82) is 0 Å². The summed E-state index contributed by atoms with van der Waals surface area (Å²) in [6, 6.07) is 0. The maximum absolute atomic E-state index is 11.7. The minimum Gasteiger partial charge on any atom is -0.468 e. The number of ether oxygens (including phenoxy) is 1. The third-order valence-corrected chi connectivity index (χ3v) is 5.61. The highest BCUT2D eigenvalue weighted by atomic mass is 32.2. The van der Waals surface area contributed by atoms with E-state index in [0.29, 0.717) is 19.1 Å². The fourth-order valence-electron chi connectivity index (χ4n) is 2.59. The first-order valence-corrected chi connectivity index (χ1v) is 8.61. The van der Waals surface area contributed by atoms with Crippen molar-refractivity contribution in [2.75, 3.05) is 26.0 Å². The van der Waals surface area contributed by atoms with Crippen molar-refractivity contribution in [3.63, 3.8) is 0 Å². The highest BCUT2D eigenvalue weighted by molar-refractivity contribution is 8.00. The zero-order valence-corrected chi connectivity index (χ0v) is 14.0. The third-order valence-electron chi connectivity index (χ3n) is 3.97. The molecule has 2 heterocycles. The number of esters is 1. The minimum atomic E-state index is -0.145. The molecular weight excluding hydrogens is 308 g/mol. The van der Waals surface area contributed by atoms with Gasteiger partial charge in [-0.15, -0.1) is 11.8 Å².